The van der Waals surface area contributed by atoms with E-state index in [4.69, 9.17) is 4.74 Å². The third kappa shape index (κ3) is 1.82. The Morgan fingerprint density at radius 2 is 2.00 bits per heavy atom. The van der Waals surface area contributed by atoms with Gasteiger partial charge in [0.1, 0.15) is 5.60 Å². The van der Waals surface area contributed by atoms with Gasteiger partial charge in [-0.25, -0.2) is 4.79 Å². The van der Waals surface area contributed by atoms with E-state index in [9.17, 15) is 4.79 Å². The average Bonchev–Trinajstić information content (AvgIpc) is 3.04. The second-order valence-electron chi connectivity index (χ2n) is 6.18. The standard InChI is InChI=1S/C15H22O2/c1-2-14(16)17-15(7-3-4-8-15)13-10-11-5-6-12(13)9-11/h2,11-13H,1,3-10H2. The Morgan fingerprint density at radius 3 is 2.53 bits per heavy atom. The maximum atomic E-state index is 11.6. The minimum Gasteiger partial charge on any atom is -0.456 e. The van der Waals surface area contributed by atoms with Gasteiger partial charge in [0.25, 0.3) is 0 Å². The van der Waals surface area contributed by atoms with Crippen molar-refractivity contribution in [3.05, 3.63) is 12.7 Å². The molecule has 3 rings (SSSR count). The van der Waals surface area contributed by atoms with E-state index < -0.39 is 0 Å². The zero-order valence-corrected chi connectivity index (χ0v) is 10.5. The van der Waals surface area contributed by atoms with Crippen molar-refractivity contribution in [2.75, 3.05) is 0 Å². The van der Waals surface area contributed by atoms with E-state index in [-0.39, 0.29) is 11.6 Å². The lowest BCUT2D eigenvalue weighted by Crippen LogP contribution is -2.42. The van der Waals surface area contributed by atoms with E-state index >= 15 is 0 Å². The van der Waals surface area contributed by atoms with Crippen molar-refractivity contribution in [3.63, 3.8) is 0 Å². The van der Waals surface area contributed by atoms with Gasteiger partial charge in [0.05, 0.1) is 0 Å². The Kier molecular flexibility index (Phi) is 2.76. The van der Waals surface area contributed by atoms with E-state index in [0.29, 0.717) is 5.92 Å². The van der Waals surface area contributed by atoms with E-state index in [1.54, 1.807) is 0 Å². The van der Waals surface area contributed by atoms with Crippen LogP contribution < -0.4 is 0 Å². The van der Waals surface area contributed by atoms with Gasteiger partial charge in [0, 0.05) is 12.0 Å². The van der Waals surface area contributed by atoms with E-state index in [1.165, 1.54) is 44.6 Å². The number of carbonyl (C=O) groups excluding carboxylic acids is 1. The summed E-state index contributed by atoms with van der Waals surface area (Å²) in [6.07, 6.45) is 11.4. The molecular weight excluding hydrogens is 212 g/mol. The summed E-state index contributed by atoms with van der Waals surface area (Å²) in [5, 5.41) is 0. The van der Waals surface area contributed by atoms with Crippen molar-refractivity contribution in [3.8, 4) is 0 Å². The first kappa shape index (κ1) is 11.3. The van der Waals surface area contributed by atoms with E-state index in [2.05, 4.69) is 6.58 Å². The van der Waals surface area contributed by atoms with E-state index in [0.717, 1.165) is 24.7 Å². The first-order valence-electron chi connectivity index (χ1n) is 7.09. The Balaban J connectivity index is 1.79. The van der Waals surface area contributed by atoms with Gasteiger partial charge in [-0.2, -0.15) is 0 Å². The molecule has 17 heavy (non-hydrogen) atoms. The predicted molar refractivity (Wildman–Crippen MR) is 66.4 cm³/mol. The van der Waals surface area contributed by atoms with Crippen molar-refractivity contribution >= 4 is 5.97 Å². The molecule has 3 aliphatic carbocycles. The third-order valence-electron chi connectivity index (χ3n) is 5.33. The molecule has 3 unspecified atom stereocenters. The largest absolute Gasteiger partial charge is 0.456 e. The minimum absolute atomic E-state index is 0.120. The smallest absolute Gasteiger partial charge is 0.330 e. The first-order chi connectivity index (χ1) is 8.23. The van der Waals surface area contributed by atoms with Crippen LogP contribution >= 0.6 is 0 Å². The Bertz CT molecular complexity index is 328. The number of esters is 1. The number of carbonyl (C=O) groups is 1. The zero-order valence-electron chi connectivity index (χ0n) is 10.5. The van der Waals surface area contributed by atoms with Crippen LogP contribution in [0.15, 0.2) is 12.7 Å². The van der Waals surface area contributed by atoms with E-state index in [1.807, 2.05) is 0 Å². The monoisotopic (exact) mass is 234 g/mol. The molecule has 2 bridgehead atoms. The van der Waals surface area contributed by atoms with Crippen molar-refractivity contribution in [2.24, 2.45) is 17.8 Å². The molecule has 3 atom stereocenters. The van der Waals surface area contributed by atoms with Crippen LogP contribution in [0.4, 0.5) is 0 Å². The highest BCUT2D eigenvalue weighted by atomic mass is 16.6. The molecule has 3 saturated carbocycles. The highest BCUT2D eigenvalue weighted by Gasteiger charge is 2.53. The molecule has 2 heteroatoms. The molecule has 0 aliphatic heterocycles. The summed E-state index contributed by atoms with van der Waals surface area (Å²) in [6.45, 7) is 3.53. The van der Waals surface area contributed by atoms with Crippen molar-refractivity contribution in [2.45, 2.75) is 57.0 Å². The van der Waals surface area contributed by atoms with Crippen LogP contribution in [-0.2, 0) is 9.53 Å². The van der Waals surface area contributed by atoms with Crippen LogP contribution in [0.25, 0.3) is 0 Å². The number of fused-ring (bicyclic) bond motifs is 2. The fourth-order valence-corrected chi connectivity index (χ4v) is 4.65. The molecule has 3 aliphatic rings. The molecule has 2 nitrogen and oxygen atoms in total. The molecule has 0 aromatic carbocycles. The maximum absolute atomic E-state index is 11.6. The summed E-state index contributed by atoms with van der Waals surface area (Å²) < 4.78 is 5.83. The summed E-state index contributed by atoms with van der Waals surface area (Å²) >= 11 is 0. The highest BCUT2D eigenvalue weighted by molar-refractivity contribution is 5.81. The van der Waals surface area contributed by atoms with Gasteiger partial charge in [0.15, 0.2) is 0 Å². The molecule has 0 aromatic heterocycles. The van der Waals surface area contributed by atoms with Crippen LogP contribution in [0.1, 0.15) is 51.4 Å². The molecule has 0 N–H and O–H groups in total. The SMILES string of the molecule is C=CC(=O)OC1(C2CC3CCC2C3)CCCC1. The number of ether oxygens (including phenoxy) is 1. The second kappa shape index (κ2) is 4.15. The van der Waals surface area contributed by atoms with Crippen molar-refractivity contribution in [1.29, 1.82) is 0 Å². The average molecular weight is 234 g/mol. The predicted octanol–water partition coefficient (Wildman–Crippen LogP) is 3.46. The van der Waals surface area contributed by atoms with Crippen LogP contribution in [-0.4, -0.2) is 11.6 Å². The molecule has 0 aromatic rings. The fourth-order valence-electron chi connectivity index (χ4n) is 4.65. The van der Waals surface area contributed by atoms with Gasteiger partial charge in [0.2, 0.25) is 0 Å². The summed E-state index contributed by atoms with van der Waals surface area (Å²) in [7, 11) is 0. The Hall–Kier alpha value is -0.790. The van der Waals surface area contributed by atoms with Gasteiger partial charge in [-0.15, -0.1) is 0 Å². The van der Waals surface area contributed by atoms with Crippen LogP contribution in [0.5, 0.6) is 0 Å². The summed E-state index contributed by atoms with van der Waals surface area (Å²) in [6, 6.07) is 0. The van der Waals surface area contributed by atoms with Gasteiger partial charge in [-0.1, -0.05) is 13.0 Å². The van der Waals surface area contributed by atoms with Gasteiger partial charge in [-0.05, 0) is 56.8 Å². The molecule has 0 radical (unpaired) electrons. The Labute approximate surface area is 103 Å². The molecular formula is C15H22O2. The lowest BCUT2D eigenvalue weighted by Gasteiger charge is -2.39. The molecule has 0 saturated heterocycles. The quantitative estimate of drug-likeness (QED) is 0.552. The lowest BCUT2D eigenvalue weighted by atomic mass is 9.75. The summed E-state index contributed by atoms with van der Waals surface area (Å²) in [5.74, 6) is 2.18. The summed E-state index contributed by atoms with van der Waals surface area (Å²) in [5.41, 5.74) is -0.120. The van der Waals surface area contributed by atoms with Gasteiger partial charge < -0.3 is 4.74 Å². The first-order valence-corrected chi connectivity index (χ1v) is 7.09. The number of hydrogen-bond acceptors (Lipinski definition) is 2. The van der Waals surface area contributed by atoms with Gasteiger partial charge in [-0.3, -0.25) is 0 Å². The van der Waals surface area contributed by atoms with Crippen LogP contribution in [0.2, 0.25) is 0 Å². The molecule has 0 amide bonds. The topological polar surface area (TPSA) is 26.3 Å². The maximum Gasteiger partial charge on any atom is 0.330 e. The molecule has 0 heterocycles. The summed E-state index contributed by atoms with van der Waals surface area (Å²) in [4.78, 5) is 11.6. The fraction of sp³-hybridized carbons (Fsp3) is 0.800. The third-order valence-corrected chi connectivity index (χ3v) is 5.33. The van der Waals surface area contributed by atoms with Crippen LogP contribution in [0.3, 0.4) is 0 Å². The lowest BCUT2D eigenvalue weighted by molar-refractivity contribution is -0.162. The molecule has 3 fully saturated rings. The Morgan fingerprint density at radius 1 is 1.24 bits per heavy atom. The second-order valence-corrected chi connectivity index (χ2v) is 6.18. The van der Waals surface area contributed by atoms with Crippen LogP contribution in [0, 0.1) is 17.8 Å². The molecule has 94 valence electrons. The highest BCUT2D eigenvalue weighted by Crippen LogP contribution is 2.56. The van der Waals surface area contributed by atoms with Gasteiger partial charge >= 0.3 is 5.97 Å². The number of rotatable bonds is 3. The normalized spacial score (nSPS) is 38.2. The van der Waals surface area contributed by atoms with Crippen molar-refractivity contribution < 1.29 is 9.53 Å². The minimum atomic E-state index is -0.213. The number of hydrogen-bond donors (Lipinski definition) is 0. The zero-order chi connectivity index (χ0) is 11.9. The van der Waals surface area contributed by atoms with Crippen molar-refractivity contribution in [1.82, 2.24) is 0 Å². The molecule has 0 spiro atoms.